The van der Waals surface area contributed by atoms with E-state index < -0.39 is 0 Å². The van der Waals surface area contributed by atoms with Gasteiger partial charge in [0.15, 0.2) is 0 Å². The van der Waals surface area contributed by atoms with Gasteiger partial charge in [-0.05, 0) is 29.8 Å². The fourth-order valence-corrected chi connectivity index (χ4v) is 2.97. The molecule has 19 heavy (non-hydrogen) atoms. The summed E-state index contributed by atoms with van der Waals surface area (Å²) in [6, 6.07) is 14.9. The molecular formula is C16H16N2S. The minimum absolute atomic E-state index is 0.946. The summed E-state index contributed by atoms with van der Waals surface area (Å²) in [5.41, 5.74) is 4.26. The molecule has 0 amide bonds. The summed E-state index contributed by atoms with van der Waals surface area (Å²) >= 11 is 1.74. The number of hydrogen-bond acceptors (Lipinski definition) is 3. The van der Waals surface area contributed by atoms with Crippen molar-refractivity contribution < 1.29 is 0 Å². The van der Waals surface area contributed by atoms with Crippen LogP contribution >= 0.6 is 11.3 Å². The molecule has 0 saturated heterocycles. The standard InChI is InChI=1S/C16H16N2S/c1-12-16(19-11-18-12)8-9-17-15-7-6-13-4-2-3-5-14(13)10-15/h2-7,10-11,17H,8-9H2,1H3. The molecule has 1 aromatic heterocycles. The van der Waals surface area contributed by atoms with E-state index in [0.717, 1.165) is 18.7 Å². The van der Waals surface area contributed by atoms with Gasteiger partial charge in [0.25, 0.3) is 0 Å². The van der Waals surface area contributed by atoms with Crippen molar-refractivity contribution in [2.24, 2.45) is 0 Å². The Bertz CT molecular complexity index is 688. The van der Waals surface area contributed by atoms with E-state index in [0.29, 0.717) is 0 Å². The molecule has 0 aliphatic rings. The second kappa shape index (κ2) is 5.41. The van der Waals surface area contributed by atoms with Crippen LogP contribution in [0.3, 0.4) is 0 Å². The van der Waals surface area contributed by atoms with E-state index in [-0.39, 0.29) is 0 Å². The zero-order valence-corrected chi connectivity index (χ0v) is 11.7. The van der Waals surface area contributed by atoms with E-state index in [1.807, 2.05) is 5.51 Å². The Morgan fingerprint density at radius 2 is 1.95 bits per heavy atom. The fraction of sp³-hybridized carbons (Fsp3) is 0.188. The molecule has 0 bridgehead atoms. The molecule has 0 spiro atoms. The predicted molar refractivity (Wildman–Crippen MR) is 83.0 cm³/mol. The number of nitrogens with zero attached hydrogens (tertiary/aromatic N) is 1. The van der Waals surface area contributed by atoms with Crippen LogP contribution in [0.15, 0.2) is 48.0 Å². The van der Waals surface area contributed by atoms with Gasteiger partial charge in [-0.1, -0.05) is 30.3 Å². The van der Waals surface area contributed by atoms with Gasteiger partial charge in [-0.3, -0.25) is 0 Å². The Morgan fingerprint density at radius 3 is 2.74 bits per heavy atom. The van der Waals surface area contributed by atoms with Gasteiger partial charge in [-0.15, -0.1) is 11.3 Å². The van der Waals surface area contributed by atoms with Crippen molar-refractivity contribution >= 4 is 27.8 Å². The highest BCUT2D eigenvalue weighted by molar-refractivity contribution is 7.09. The molecule has 0 saturated carbocycles. The second-order valence-electron chi connectivity index (χ2n) is 4.60. The van der Waals surface area contributed by atoms with Crippen LogP contribution in [0.5, 0.6) is 0 Å². The number of aryl methyl sites for hydroxylation is 1. The van der Waals surface area contributed by atoms with E-state index in [2.05, 4.69) is 59.7 Å². The number of benzene rings is 2. The van der Waals surface area contributed by atoms with Gasteiger partial charge in [0, 0.05) is 23.5 Å². The third-order valence-electron chi connectivity index (χ3n) is 3.28. The summed E-state index contributed by atoms with van der Waals surface area (Å²) in [7, 11) is 0. The summed E-state index contributed by atoms with van der Waals surface area (Å²) in [6.07, 6.45) is 1.03. The minimum atomic E-state index is 0.946. The van der Waals surface area contributed by atoms with Crippen molar-refractivity contribution in [3.05, 3.63) is 58.5 Å². The van der Waals surface area contributed by atoms with E-state index in [1.54, 1.807) is 11.3 Å². The van der Waals surface area contributed by atoms with Crippen LogP contribution in [0, 0.1) is 6.92 Å². The van der Waals surface area contributed by atoms with Crippen LogP contribution in [0.25, 0.3) is 10.8 Å². The van der Waals surface area contributed by atoms with E-state index in [9.17, 15) is 0 Å². The molecule has 3 heteroatoms. The van der Waals surface area contributed by atoms with Crippen LogP contribution in [0.1, 0.15) is 10.6 Å². The average Bonchev–Trinajstić information content (AvgIpc) is 2.84. The first kappa shape index (κ1) is 12.2. The van der Waals surface area contributed by atoms with Crippen LogP contribution in [0.2, 0.25) is 0 Å². The number of thiazole rings is 1. The molecule has 0 aliphatic carbocycles. The van der Waals surface area contributed by atoms with Crippen LogP contribution in [0.4, 0.5) is 5.69 Å². The number of rotatable bonds is 4. The molecule has 0 atom stereocenters. The third-order valence-corrected chi connectivity index (χ3v) is 4.27. The Balaban J connectivity index is 1.67. The van der Waals surface area contributed by atoms with Gasteiger partial charge in [-0.2, -0.15) is 0 Å². The highest BCUT2D eigenvalue weighted by atomic mass is 32.1. The maximum absolute atomic E-state index is 4.27. The van der Waals surface area contributed by atoms with Gasteiger partial charge in [-0.25, -0.2) is 4.98 Å². The summed E-state index contributed by atoms with van der Waals surface area (Å²) < 4.78 is 0. The lowest BCUT2D eigenvalue weighted by Crippen LogP contribution is -2.04. The molecule has 0 unspecified atom stereocenters. The summed E-state index contributed by atoms with van der Waals surface area (Å²) in [5, 5.41) is 6.04. The largest absolute Gasteiger partial charge is 0.385 e. The lowest BCUT2D eigenvalue weighted by atomic mass is 10.1. The Labute approximate surface area is 117 Å². The van der Waals surface area contributed by atoms with Crippen LogP contribution in [-0.2, 0) is 6.42 Å². The molecule has 0 fully saturated rings. The number of fused-ring (bicyclic) bond motifs is 1. The van der Waals surface area contributed by atoms with Gasteiger partial charge in [0.1, 0.15) is 0 Å². The first-order chi connectivity index (χ1) is 9.33. The van der Waals surface area contributed by atoms with Crippen LogP contribution in [-0.4, -0.2) is 11.5 Å². The quantitative estimate of drug-likeness (QED) is 0.764. The van der Waals surface area contributed by atoms with Gasteiger partial charge < -0.3 is 5.32 Å². The highest BCUT2D eigenvalue weighted by Gasteiger charge is 2.01. The zero-order chi connectivity index (χ0) is 13.1. The Hall–Kier alpha value is -1.87. The number of aromatic nitrogens is 1. The predicted octanol–water partition coefficient (Wildman–Crippen LogP) is 4.26. The molecule has 3 rings (SSSR count). The normalized spacial score (nSPS) is 10.8. The molecule has 0 aliphatic heterocycles. The maximum Gasteiger partial charge on any atom is 0.0797 e. The average molecular weight is 268 g/mol. The molecule has 3 aromatic rings. The van der Waals surface area contributed by atoms with Gasteiger partial charge in [0.05, 0.1) is 11.2 Å². The maximum atomic E-state index is 4.27. The monoisotopic (exact) mass is 268 g/mol. The molecule has 1 N–H and O–H groups in total. The molecule has 2 nitrogen and oxygen atoms in total. The number of anilines is 1. The highest BCUT2D eigenvalue weighted by Crippen LogP contribution is 2.19. The smallest absolute Gasteiger partial charge is 0.0797 e. The molecule has 96 valence electrons. The third kappa shape index (κ3) is 2.76. The molecule has 0 radical (unpaired) electrons. The van der Waals surface area contributed by atoms with Gasteiger partial charge in [0.2, 0.25) is 0 Å². The lowest BCUT2D eigenvalue weighted by Gasteiger charge is -2.07. The van der Waals surface area contributed by atoms with Crippen molar-refractivity contribution in [1.82, 2.24) is 4.98 Å². The van der Waals surface area contributed by atoms with Crippen molar-refractivity contribution in [1.29, 1.82) is 0 Å². The van der Waals surface area contributed by atoms with Gasteiger partial charge >= 0.3 is 0 Å². The second-order valence-corrected chi connectivity index (χ2v) is 5.54. The number of nitrogens with one attached hydrogen (secondary N) is 1. The Kier molecular flexibility index (Phi) is 3.47. The fourth-order valence-electron chi connectivity index (χ4n) is 2.19. The SMILES string of the molecule is Cc1ncsc1CCNc1ccc2ccccc2c1. The number of hydrogen-bond donors (Lipinski definition) is 1. The first-order valence-corrected chi connectivity index (χ1v) is 7.32. The van der Waals surface area contributed by atoms with Crippen LogP contribution < -0.4 is 5.32 Å². The van der Waals surface area contributed by atoms with Crippen molar-refractivity contribution in [2.45, 2.75) is 13.3 Å². The topological polar surface area (TPSA) is 24.9 Å². The summed E-state index contributed by atoms with van der Waals surface area (Å²) in [6.45, 7) is 3.02. The van der Waals surface area contributed by atoms with Crippen molar-refractivity contribution in [3.63, 3.8) is 0 Å². The van der Waals surface area contributed by atoms with E-state index in [4.69, 9.17) is 0 Å². The zero-order valence-electron chi connectivity index (χ0n) is 10.9. The lowest BCUT2D eigenvalue weighted by molar-refractivity contribution is 1.02. The molecule has 1 heterocycles. The Morgan fingerprint density at radius 1 is 1.11 bits per heavy atom. The minimum Gasteiger partial charge on any atom is -0.385 e. The first-order valence-electron chi connectivity index (χ1n) is 6.44. The summed E-state index contributed by atoms with van der Waals surface area (Å²) in [5.74, 6) is 0. The van der Waals surface area contributed by atoms with Crippen molar-refractivity contribution in [2.75, 3.05) is 11.9 Å². The van der Waals surface area contributed by atoms with E-state index in [1.165, 1.54) is 21.3 Å². The molecular weight excluding hydrogens is 252 g/mol. The van der Waals surface area contributed by atoms with Crippen molar-refractivity contribution in [3.8, 4) is 0 Å². The molecule has 2 aromatic carbocycles. The van der Waals surface area contributed by atoms with E-state index >= 15 is 0 Å². The summed E-state index contributed by atoms with van der Waals surface area (Å²) in [4.78, 5) is 5.64.